The predicted octanol–water partition coefficient (Wildman–Crippen LogP) is 4.89. The average molecular weight is 291 g/mol. The first-order valence-corrected chi connectivity index (χ1v) is 6.65. The number of rotatable bonds is 6. The summed E-state index contributed by atoms with van der Waals surface area (Å²) in [6.07, 6.45) is 2.99. The van der Waals surface area contributed by atoms with Gasteiger partial charge >= 0.3 is 0 Å². The molecule has 0 aliphatic heterocycles. The molecule has 0 saturated heterocycles. The van der Waals surface area contributed by atoms with Gasteiger partial charge in [0.05, 0.1) is 20.7 Å². The minimum absolute atomic E-state index is 0.0981. The van der Waals surface area contributed by atoms with Gasteiger partial charge in [-0.1, -0.05) is 43.5 Å². The van der Waals surface area contributed by atoms with E-state index in [0.29, 0.717) is 5.69 Å². The molecule has 1 rings (SSSR count). The van der Waals surface area contributed by atoms with E-state index in [1.54, 1.807) is 0 Å². The standard InChI is InChI=1S/C12H16Cl2N2O2/c1-3-5-8(4-2)15-12-10(13)6-9(16(17)18)7-11(12)14/h6-8,15H,3-5H2,1-2H3. The number of halogens is 2. The predicted molar refractivity (Wildman–Crippen MR) is 75.7 cm³/mol. The van der Waals surface area contributed by atoms with Crippen LogP contribution in [0.25, 0.3) is 0 Å². The fourth-order valence-electron chi connectivity index (χ4n) is 1.73. The van der Waals surface area contributed by atoms with E-state index in [9.17, 15) is 10.1 Å². The number of nitrogens with zero attached hydrogens (tertiary/aromatic N) is 1. The summed E-state index contributed by atoms with van der Waals surface area (Å²) in [6.45, 7) is 4.17. The van der Waals surface area contributed by atoms with Gasteiger partial charge in [-0.3, -0.25) is 10.1 Å². The van der Waals surface area contributed by atoms with E-state index < -0.39 is 4.92 Å². The van der Waals surface area contributed by atoms with Crippen LogP contribution in [-0.4, -0.2) is 11.0 Å². The van der Waals surface area contributed by atoms with Gasteiger partial charge in [0.2, 0.25) is 0 Å². The van der Waals surface area contributed by atoms with Crippen LogP contribution in [0.2, 0.25) is 10.0 Å². The van der Waals surface area contributed by atoms with Crippen LogP contribution in [0.4, 0.5) is 11.4 Å². The van der Waals surface area contributed by atoms with Crippen LogP contribution in [0.15, 0.2) is 12.1 Å². The molecule has 4 nitrogen and oxygen atoms in total. The van der Waals surface area contributed by atoms with Gasteiger partial charge in [-0.15, -0.1) is 0 Å². The molecule has 0 radical (unpaired) electrons. The molecule has 18 heavy (non-hydrogen) atoms. The highest BCUT2D eigenvalue weighted by atomic mass is 35.5. The Hall–Kier alpha value is -1.00. The number of benzene rings is 1. The Bertz CT molecular complexity index is 415. The number of hydrogen-bond donors (Lipinski definition) is 1. The van der Waals surface area contributed by atoms with E-state index in [-0.39, 0.29) is 21.8 Å². The van der Waals surface area contributed by atoms with Gasteiger partial charge in [0.1, 0.15) is 0 Å². The van der Waals surface area contributed by atoms with Gasteiger partial charge in [-0.25, -0.2) is 0 Å². The van der Waals surface area contributed by atoms with Crippen molar-refractivity contribution in [2.45, 2.75) is 39.2 Å². The maximum Gasteiger partial charge on any atom is 0.272 e. The summed E-state index contributed by atoms with van der Waals surface area (Å²) in [5.74, 6) is 0. The molecular formula is C12H16Cl2N2O2. The van der Waals surface area contributed by atoms with Crippen molar-refractivity contribution in [2.24, 2.45) is 0 Å². The Labute approximate surface area is 116 Å². The third-order valence-electron chi connectivity index (χ3n) is 2.72. The van der Waals surface area contributed by atoms with E-state index in [2.05, 4.69) is 19.2 Å². The van der Waals surface area contributed by atoms with Gasteiger partial charge < -0.3 is 5.32 Å². The number of nitrogens with one attached hydrogen (secondary N) is 1. The molecule has 0 aliphatic rings. The monoisotopic (exact) mass is 290 g/mol. The number of non-ortho nitro benzene ring substituents is 1. The SMILES string of the molecule is CCCC(CC)Nc1c(Cl)cc([N+](=O)[O-])cc1Cl. The molecule has 0 aliphatic carbocycles. The van der Waals surface area contributed by atoms with Crippen LogP contribution >= 0.6 is 23.2 Å². The molecule has 1 unspecified atom stereocenters. The molecule has 1 aromatic rings. The lowest BCUT2D eigenvalue weighted by molar-refractivity contribution is -0.384. The first-order valence-electron chi connectivity index (χ1n) is 5.89. The van der Waals surface area contributed by atoms with Crippen molar-refractivity contribution >= 4 is 34.6 Å². The molecule has 100 valence electrons. The topological polar surface area (TPSA) is 55.2 Å². The second-order valence-corrected chi connectivity index (χ2v) is 4.89. The van der Waals surface area contributed by atoms with E-state index in [4.69, 9.17) is 23.2 Å². The van der Waals surface area contributed by atoms with Crippen molar-refractivity contribution in [2.75, 3.05) is 5.32 Å². The zero-order valence-electron chi connectivity index (χ0n) is 10.4. The number of nitro groups is 1. The third-order valence-corrected chi connectivity index (χ3v) is 3.31. The maximum atomic E-state index is 10.7. The normalized spacial score (nSPS) is 12.2. The Kier molecular flexibility index (Phi) is 5.69. The smallest absolute Gasteiger partial charge is 0.272 e. The average Bonchev–Trinajstić information content (AvgIpc) is 2.31. The van der Waals surface area contributed by atoms with E-state index >= 15 is 0 Å². The van der Waals surface area contributed by atoms with Crippen molar-refractivity contribution < 1.29 is 4.92 Å². The summed E-state index contributed by atoms with van der Waals surface area (Å²) in [6, 6.07) is 2.90. The zero-order chi connectivity index (χ0) is 13.7. The van der Waals surface area contributed by atoms with Crippen LogP contribution in [0.5, 0.6) is 0 Å². The van der Waals surface area contributed by atoms with Crippen molar-refractivity contribution in [3.8, 4) is 0 Å². The number of nitro benzene ring substituents is 1. The summed E-state index contributed by atoms with van der Waals surface area (Å²) in [4.78, 5) is 10.2. The lowest BCUT2D eigenvalue weighted by Crippen LogP contribution is -2.18. The summed E-state index contributed by atoms with van der Waals surface area (Å²) in [5, 5.41) is 14.5. The minimum atomic E-state index is -0.509. The second-order valence-electron chi connectivity index (χ2n) is 4.08. The number of anilines is 1. The molecule has 1 N–H and O–H groups in total. The Balaban J connectivity index is 2.99. The molecule has 0 amide bonds. The van der Waals surface area contributed by atoms with Crippen LogP contribution in [0.3, 0.4) is 0 Å². The van der Waals surface area contributed by atoms with Gasteiger partial charge in [-0.2, -0.15) is 0 Å². The molecule has 0 heterocycles. The van der Waals surface area contributed by atoms with Gasteiger partial charge in [-0.05, 0) is 12.8 Å². The second kappa shape index (κ2) is 6.81. The Morgan fingerprint density at radius 3 is 2.28 bits per heavy atom. The van der Waals surface area contributed by atoms with Gasteiger partial charge in [0.15, 0.2) is 0 Å². The quantitative estimate of drug-likeness (QED) is 0.599. The van der Waals surface area contributed by atoms with E-state index in [0.717, 1.165) is 19.3 Å². The van der Waals surface area contributed by atoms with E-state index in [1.165, 1.54) is 12.1 Å². The van der Waals surface area contributed by atoms with Gasteiger partial charge in [0, 0.05) is 18.2 Å². The number of hydrogen-bond acceptors (Lipinski definition) is 3. The summed E-state index contributed by atoms with van der Waals surface area (Å²) < 4.78 is 0. The summed E-state index contributed by atoms with van der Waals surface area (Å²) in [7, 11) is 0. The van der Waals surface area contributed by atoms with Crippen LogP contribution < -0.4 is 5.32 Å². The highest BCUT2D eigenvalue weighted by Gasteiger charge is 2.16. The highest BCUT2D eigenvalue weighted by molar-refractivity contribution is 6.39. The molecule has 0 spiro atoms. The first-order chi connectivity index (χ1) is 8.49. The molecule has 6 heteroatoms. The fourth-order valence-corrected chi connectivity index (χ4v) is 2.32. The molecule has 1 atom stereocenters. The first kappa shape index (κ1) is 15.1. The lowest BCUT2D eigenvalue weighted by atomic mass is 10.1. The molecule has 1 aromatic carbocycles. The van der Waals surface area contributed by atoms with Crippen molar-refractivity contribution in [3.05, 3.63) is 32.3 Å². The molecule has 0 bridgehead atoms. The van der Waals surface area contributed by atoms with Crippen LogP contribution in [0, 0.1) is 10.1 Å². The lowest BCUT2D eigenvalue weighted by Gasteiger charge is -2.19. The molecular weight excluding hydrogens is 275 g/mol. The summed E-state index contributed by atoms with van der Waals surface area (Å²) in [5.41, 5.74) is 0.475. The largest absolute Gasteiger partial charge is 0.380 e. The van der Waals surface area contributed by atoms with E-state index in [1.807, 2.05) is 0 Å². The van der Waals surface area contributed by atoms with Gasteiger partial charge in [0.25, 0.3) is 5.69 Å². The van der Waals surface area contributed by atoms with Crippen LogP contribution in [-0.2, 0) is 0 Å². The Morgan fingerprint density at radius 2 is 1.89 bits per heavy atom. The molecule has 0 fully saturated rings. The molecule has 0 aromatic heterocycles. The molecule has 0 saturated carbocycles. The van der Waals surface area contributed by atoms with Crippen molar-refractivity contribution in [3.63, 3.8) is 0 Å². The van der Waals surface area contributed by atoms with Crippen LogP contribution in [0.1, 0.15) is 33.1 Å². The van der Waals surface area contributed by atoms with Crippen molar-refractivity contribution in [1.82, 2.24) is 0 Å². The zero-order valence-corrected chi connectivity index (χ0v) is 11.9. The fraction of sp³-hybridized carbons (Fsp3) is 0.500. The maximum absolute atomic E-state index is 10.7. The van der Waals surface area contributed by atoms with Crippen molar-refractivity contribution in [1.29, 1.82) is 0 Å². The summed E-state index contributed by atoms with van der Waals surface area (Å²) >= 11 is 12.1. The Morgan fingerprint density at radius 1 is 1.33 bits per heavy atom. The minimum Gasteiger partial charge on any atom is -0.380 e. The third kappa shape index (κ3) is 3.75. The highest BCUT2D eigenvalue weighted by Crippen LogP contribution is 2.35.